The summed E-state index contributed by atoms with van der Waals surface area (Å²) in [7, 11) is 0. The van der Waals surface area contributed by atoms with Crippen molar-refractivity contribution in [3.8, 4) is 17.6 Å². The summed E-state index contributed by atoms with van der Waals surface area (Å²) in [5.74, 6) is 6.72. The van der Waals surface area contributed by atoms with E-state index < -0.39 is 5.97 Å². The van der Waals surface area contributed by atoms with Crippen molar-refractivity contribution in [3.05, 3.63) is 34.3 Å². The third kappa shape index (κ3) is 8.48. The van der Waals surface area contributed by atoms with Crippen LogP contribution in [0.4, 0.5) is 11.4 Å². The fourth-order valence-corrected chi connectivity index (χ4v) is 6.57. The van der Waals surface area contributed by atoms with E-state index in [-0.39, 0.29) is 34.3 Å². The molecule has 2 aliphatic carbocycles. The van der Waals surface area contributed by atoms with Crippen LogP contribution in [0.15, 0.2) is 24.5 Å². The average Bonchev–Trinajstić information content (AvgIpc) is 3.33. The van der Waals surface area contributed by atoms with Gasteiger partial charge in [0.05, 0.1) is 34.7 Å². The number of anilines is 2. The number of thiophene rings is 1. The van der Waals surface area contributed by atoms with Crippen molar-refractivity contribution >= 4 is 34.6 Å². The maximum Gasteiger partial charge on any atom is 0.348 e. The molecule has 2 aromatic heterocycles. The molecular weight excluding hydrogens is 534 g/mol. The Labute approximate surface area is 249 Å². The number of rotatable bonds is 8. The van der Waals surface area contributed by atoms with E-state index in [9.17, 15) is 14.7 Å². The molecule has 0 bridgehead atoms. The van der Waals surface area contributed by atoms with E-state index in [1.807, 2.05) is 37.8 Å². The highest BCUT2D eigenvalue weighted by Gasteiger charge is 2.37. The van der Waals surface area contributed by atoms with Gasteiger partial charge in [-0.05, 0) is 98.0 Å². The molecule has 0 aromatic carbocycles. The number of amides is 1. The summed E-state index contributed by atoms with van der Waals surface area (Å²) in [5.41, 5.74) is 1.22. The molecule has 41 heavy (non-hydrogen) atoms. The number of pyridine rings is 1. The van der Waals surface area contributed by atoms with E-state index in [0.29, 0.717) is 22.5 Å². The summed E-state index contributed by atoms with van der Waals surface area (Å²) in [6, 6.07) is 4.03. The first-order valence-corrected chi connectivity index (χ1v) is 15.8. The molecule has 7 nitrogen and oxygen atoms in total. The van der Waals surface area contributed by atoms with Crippen molar-refractivity contribution in [2.24, 2.45) is 17.3 Å². The number of carboxylic acids is 1. The van der Waals surface area contributed by atoms with Gasteiger partial charge in [-0.15, -0.1) is 11.3 Å². The number of aromatic carboxylic acids is 1. The SMILES string of the molecule is CC1CCC(C(=O)N(c2cc(C#CC(C)(C)C)sc2C(=O)O)C2CCC(Oc3cncc(NC(C)C)c3)CC2)CC1. The quantitative estimate of drug-likeness (QED) is 0.313. The van der Waals surface area contributed by atoms with Crippen molar-refractivity contribution in [2.45, 2.75) is 111 Å². The fraction of sp³-hybridized carbons (Fsp3) is 0.606. The van der Waals surface area contributed by atoms with Crippen molar-refractivity contribution in [2.75, 3.05) is 10.2 Å². The molecule has 222 valence electrons. The van der Waals surface area contributed by atoms with Crippen LogP contribution in [0.2, 0.25) is 0 Å². The van der Waals surface area contributed by atoms with Gasteiger partial charge in [-0.1, -0.05) is 18.8 Å². The van der Waals surface area contributed by atoms with E-state index in [0.717, 1.165) is 62.8 Å². The Kier molecular flexibility index (Phi) is 10.0. The second kappa shape index (κ2) is 13.3. The van der Waals surface area contributed by atoms with Crippen LogP contribution in [-0.2, 0) is 4.79 Å². The number of carbonyl (C=O) groups is 2. The Morgan fingerprint density at radius 2 is 1.76 bits per heavy atom. The van der Waals surface area contributed by atoms with Crippen LogP contribution in [0, 0.1) is 29.1 Å². The Morgan fingerprint density at radius 1 is 1.07 bits per heavy atom. The predicted octanol–water partition coefficient (Wildman–Crippen LogP) is 7.61. The number of nitrogens with one attached hydrogen (secondary N) is 1. The minimum atomic E-state index is -1.01. The fourth-order valence-electron chi connectivity index (χ4n) is 5.73. The normalized spacial score (nSPS) is 22.9. The number of nitrogens with zero attached hydrogens (tertiary/aromatic N) is 2. The lowest BCUT2D eigenvalue weighted by molar-refractivity contribution is -0.124. The Morgan fingerprint density at radius 3 is 2.37 bits per heavy atom. The zero-order valence-corrected chi connectivity index (χ0v) is 26.1. The van der Waals surface area contributed by atoms with Gasteiger partial charge in [0.2, 0.25) is 5.91 Å². The van der Waals surface area contributed by atoms with E-state index in [1.54, 1.807) is 12.4 Å². The molecule has 8 heteroatoms. The Balaban J connectivity index is 1.57. The Bertz CT molecular complexity index is 1270. The molecule has 2 fully saturated rings. The molecule has 0 spiro atoms. The van der Waals surface area contributed by atoms with Gasteiger partial charge in [-0.2, -0.15) is 0 Å². The first-order chi connectivity index (χ1) is 19.4. The van der Waals surface area contributed by atoms with E-state index in [2.05, 4.69) is 42.9 Å². The number of carboxylic acid groups (broad SMARTS) is 1. The summed E-state index contributed by atoms with van der Waals surface area (Å²) in [5, 5.41) is 13.5. The van der Waals surface area contributed by atoms with Crippen LogP contribution in [-0.4, -0.2) is 40.2 Å². The zero-order chi connectivity index (χ0) is 29.7. The molecule has 4 rings (SSSR count). The van der Waals surface area contributed by atoms with Gasteiger partial charge < -0.3 is 20.1 Å². The van der Waals surface area contributed by atoms with Gasteiger partial charge in [0.25, 0.3) is 0 Å². The highest BCUT2D eigenvalue weighted by Crippen LogP contribution is 2.39. The molecular formula is C33H45N3O4S. The predicted molar refractivity (Wildman–Crippen MR) is 166 cm³/mol. The van der Waals surface area contributed by atoms with Gasteiger partial charge >= 0.3 is 5.97 Å². The minimum Gasteiger partial charge on any atom is -0.489 e. The molecule has 0 aliphatic heterocycles. The van der Waals surface area contributed by atoms with Crippen molar-refractivity contribution in [1.29, 1.82) is 0 Å². The summed E-state index contributed by atoms with van der Waals surface area (Å²) in [4.78, 5) is 33.6. The van der Waals surface area contributed by atoms with E-state index >= 15 is 0 Å². The molecule has 2 aliphatic rings. The van der Waals surface area contributed by atoms with Crippen LogP contribution in [0.1, 0.15) is 107 Å². The molecule has 0 unspecified atom stereocenters. The average molecular weight is 580 g/mol. The van der Waals surface area contributed by atoms with E-state index in [4.69, 9.17) is 4.74 Å². The van der Waals surface area contributed by atoms with Crippen LogP contribution in [0.25, 0.3) is 0 Å². The first kappa shape index (κ1) is 30.9. The van der Waals surface area contributed by atoms with Gasteiger partial charge in [0.15, 0.2) is 0 Å². The zero-order valence-electron chi connectivity index (χ0n) is 25.3. The van der Waals surface area contributed by atoms with Gasteiger partial charge in [0.1, 0.15) is 10.6 Å². The van der Waals surface area contributed by atoms with Crippen molar-refractivity contribution < 1.29 is 19.4 Å². The number of hydrogen-bond donors (Lipinski definition) is 2. The number of hydrogen-bond acceptors (Lipinski definition) is 6. The summed E-state index contributed by atoms with van der Waals surface area (Å²) in [6.07, 6.45) is 10.4. The van der Waals surface area contributed by atoms with Crippen LogP contribution in [0.3, 0.4) is 0 Å². The lowest BCUT2D eigenvalue weighted by atomic mass is 9.81. The molecule has 0 saturated heterocycles. The Hall–Kier alpha value is -3.05. The van der Waals surface area contributed by atoms with Crippen molar-refractivity contribution in [3.63, 3.8) is 0 Å². The minimum absolute atomic E-state index is 0.0180. The lowest BCUT2D eigenvalue weighted by Gasteiger charge is -2.39. The van der Waals surface area contributed by atoms with Gasteiger partial charge in [0, 0.05) is 29.5 Å². The number of ether oxygens (including phenoxy) is 1. The van der Waals surface area contributed by atoms with Gasteiger partial charge in [-0.25, -0.2) is 4.79 Å². The third-order valence-electron chi connectivity index (χ3n) is 7.81. The first-order valence-electron chi connectivity index (χ1n) is 15.0. The molecule has 2 saturated carbocycles. The number of carbonyl (C=O) groups excluding carboxylic acids is 1. The maximum atomic E-state index is 14.2. The van der Waals surface area contributed by atoms with Crippen LogP contribution >= 0.6 is 11.3 Å². The highest BCUT2D eigenvalue weighted by atomic mass is 32.1. The molecule has 1 amide bonds. The second-order valence-corrected chi connectivity index (χ2v) is 14.1. The summed E-state index contributed by atoms with van der Waals surface area (Å²) in [6.45, 7) is 12.5. The lowest BCUT2D eigenvalue weighted by Crippen LogP contribution is -2.47. The van der Waals surface area contributed by atoms with E-state index in [1.165, 1.54) is 11.3 Å². The summed E-state index contributed by atoms with van der Waals surface area (Å²) < 4.78 is 6.31. The maximum absolute atomic E-state index is 14.2. The molecule has 2 heterocycles. The molecule has 0 radical (unpaired) electrons. The topological polar surface area (TPSA) is 91.8 Å². The monoisotopic (exact) mass is 579 g/mol. The third-order valence-corrected chi connectivity index (χ3v) is 8.84. The summed E-state index contributed by atoms with van der Waals surface area (Å²) >= 11 is 1.17. The second-order valence-electron chi connectivity index (χ2n) is 13.1. The smallest absolute Gasteiger partial charge is 0.348 e. The molecule has 0 atom stereocenters. The molecule has 2 aromatic rings. The largest absolute Gasteiger partial charge is 0.489 e. The number of aromatic nitrogens is 1. The highest BCUT2D eigenvalue weighted by molar-refractivity contribution is 7.15. The van der Waals surface area contributed by atoms with Gasteiger partial charge in [-0.3, -0.25) is 9.78 Å². The van der Waals surface area contributed by atoms with Crippen LogP contribution < -0.4 is 15.0 Å². The molecule has 2 N–H and O–H groups in total. The standard InChI is InChI=1S/C33H45N3O4S/c1-21(2)35-24-17-27(20-34-19-24)40-26-13-11-25(12-14-26)36(31(37)23-9-7-22(3)8-10-23)29-18-28(15-16-33(4,5)6)41-30(29)32(38)39/h17-23,25-26,35H,7-14H2,1-6H3,(H,38,39). The van der Waals surface area contributed by atoms with Crippen molar-refractivity contribution in [1.82, 2.24) is 4.98 Å². The van der Waals surface area contributed by atoms with Crippen LogP contribution in [0.5, 0.6) is 5.75 Å².